The van der Waals surface area contributed by atoms with Crippen molar-refractivity contribution >= 4 is 10.0 Å². The number of benzene rings is 2. The molecule has 0 saturated carbocycles. The first kappa shape index (κ1) is 20.2. The highest BCUT2D eigenvalue weighted by atomic mass is 32.2. The molecule has 0 bridgehead atoms. The first-order valence-electron chi connectivity index (χ1n) is 8.85. The quantitative estimate of drug-likeness (QED) is 0.753. The zero-order valence-corrected chi connectivity index (χ0v) is 16.6. The van der Waals surface area contributed by atoms with Crippen molar-refractivity contribution in [1.29, 1.82) is 0 Å². The van der Waals surface area contributed by atoms with Crippen LogP contribution in [0.15, 0.2) is 42.5 Å². The van der Waals surface area contributed by atoms with Gasteiger partial charge >= 0.3 is 0 Å². The second kappa shape index (κ2) is 8.21. The molecular weight excluding hydrogens is 381 g/mol. The molecule has 0 unspecified atom stereocenters. The standard InChI is InChI=1S/C21H22FNO4S/c1-21(2)14-17-6-5-7-19(20(17)27-21)26-13-4-3-12-23-28(24,25)15-16-8-10-18(22)11-9-16/h5-11,23H,12-15H2,1-2H3. The van der Waals surface area contributed by atoms with Crippen LogP contribution in [0.3, 0.4) is 0 Å². The Morgan fingerprint density at radius 3 is 2.68 bits per heavy atom. The van der Waals surface area contributed by atoms with E-state index in [9.17, 15) is 12.8 Å². The number of ether oxygens (including phenoxy) is 2. The van der Waals surface area contributed by atoms with E-state index in [1.807, 2.05) is 32.0 Å². The van der Waals surface area contributed by atoms with Crippen molar-refractivity contribution in [2.75, 3.05) is 13.2 Å². The lowest BCUT2D eigenvalue weighted by molar-refractivity contribution is 0.133. The zero-order valence-electron chi connectivity index (χ0n) is 15.8. The predicted molar refractivity (Wildman–Crippen MR) is 105 cm³/mol. The number of halogens is 1. The van der Waals surface area contributed by atoms with Gasteiger partial charge in [0, 0.05) is 12.0 Å². The van der Waals surface area contributed by atoms with E-state index in [2.05, 4.69) is 16.6 Å². The maximum Gasteiger partial charge on any atom is 0.216 e. The van der Waals surface area contributed by atoms with Crippen molar-refractivity contribution in [3.8, 4) is 23.3 Å². The van der Waals surface area contributed by atoms with Crippen LogP contribution in [0.4, 0.5) is 4.39 Å². The molecule has 1 aliphatic heterocycles. The second-order valence-electron chi connectivity index (χ2n) is 7.13. The van der Waals surface area contributed by atoms with E-state index in [1.54, 1.807) is 0 Å². The molecule has 148 valence electrons. The topological polar surface area (TPSA) is 64.6 Å². The fourth-order valence-electron chi connectivity index (χ4n) is 2.93. The Labute approximate surface area is 164 Å². The minimum absolute atomic E-state index is 0.0245. The van der Waals surface area contributed by atoms with E-state index in [4.69, 9.17) is 9.47 Å². The van der Waals surface area contributed by atoms with Crippen molar-refractivity contribution < 1.29 is 22.3 Å². The van der Waals surface area contributed by atoms with E-state index < -0.39 is 15.8 Å². The Morgan fingerprint density at radius 2 is 1.93 bits per heavy atom. The fourth-order valence-corrected chi connectivity index (χ4v) is 3.95. The molecule has 0 atom stereocenters. The third-order valence-electron chi connectivity index (χ3n) is 4.13. The molecule has 0 amide bonds. The van der Waals surface area contributed by atoms with Crippen molar-refractivity contribution in [1.82, 2.24) is 4.72 Å². The van der Waals surface area contributed by atoms with Gasteiger partial charge in [-0.1, -0.05) is 36.1 Å². The SMILES string of the molecule is CC1(C)Cc2cccc(OCC#CCNS(=O)(=O)Cc3ccc(F)cc3)c2O1. The molecule has 2 aromatic rings. The number of hydrogen-bond acceptors (Lipinski definition) is 4. The first-order chi connectivity index (χ1) is 13.2. The molecule has 5 nitrogen and oxygen atoms in total. The van der Waals surface area contributed by atoms with Gasteiger partial charge in [-0.2, -0.15) is 0 Å². The van der Waals surface area contributed by atoms with E-state index in [0.29, 0.717) is 11.3 Å². The third-order valence-corrected chi connectivity index (χ3v) is 5.43. The van der Waals surface area contributed by atoms with Crippen LogP contribution in [0.2, 0.25) is 0 Å². The summed E-state index contributed by atoms with van der Waals surface area (Å²) in [7, 11) is -3.54. The fraction of sp³-hybridized carbons (Fsp3) is 0.333. The van der Waals surface area contributed by atoms with Crippen LogP contribution >= 0.6 is 0 Å². The highest BCUT2D eigenvalue weighted by molar-refractivity contribution is 7.88. The van der Waals surface area contributed by atoms with Crippen LogP contribution in [0.1, 0.15) is 25.0 Å². The molecule has 2 aromatic carbocycles. The Bertz CT molecular complexity index is 1000. The molecule has 1 heterocycles. The Kier molecular flexibility index (Phi) is 5.92. The smallest absolute Gasteiger partial charge is 0.216 e. The van der Waals surface area contributed by atoms with Gasteiger partial charge in [0.05, 0.1) is 12.3 Å². The van der Waals surface area contributed by atoms with Crippen molar-refractivity contribution in [3.63, 3.8) is 0 Å². The lowest BCUT2D eigenvalue weighted by Crippen LogP contribution is -2.25. The summed E-state index contributed by atoms with van der Waals surface area (Å²) in [5.74, 6) is 6.26. The molecule has 0 spiro atoms. The Balaban J connectivity index is 1.48. The number of rotatable bonds is 6. The second-order valence-corrected chi connectivity index (χ2v) is 8.94. The van der Waals surface area contributed by atoms with Crippen LogP contribution < -0.4 is 14.2 Å². The molecular formula is C21H22FNO4S. The molecule has 0 radical (unpaired) electrons. The number of hydrogen-bond donors (Lipinski definition) is 1. The summed E-state index contributed by atoms with van der Waals surface area (Å²) >= 11 is 0. The Morgan fingerprint density at radius 1 is 1.18 bits per heavy atom. The Hall–Kier alpha value is -2.56. The number of sulfonamides is 1. The van der Waals surface area contributed by atoms with Gasteiger partial charge in [0.25, 0.3) is 0 Å². The van der Waals surface area contributed by atoms with E-state index in [-0.39, 0.29) is 24.5 Å². The van der Waals surface area contributed by atoms with Gasteiger partial charge in [-0.15, -0.1) is 0 Å². The van der Waals surface area contributed by atoms with Gasteiger partial charge in [-0.25, -0.2) is 17.5 Å². The highest BCUT2D eigenvalue weighted by Gasteiger charge is 2.32. The molecule has 28 heavy (non-hydrogen) atoms. The molecule has 1 aliphatic rings. The molecule has 1 N–H and O–H groups in total. The summed E-state index contributed by atoms with van der Waals surface area (Å²) in [6.07, 6.45) is 0.820. The van der Waals surface area contributed by atoms with E-state index >= 15 is 0 Å². The van der Waals surface area contributed by atoms with Crippen LogP contribution in [-0.4, -0.2) is 27.2 Å². The summed E-state index contributed by atoms with van der Waals surface area (Å²) in [6, 6.07) is 11.1. The van der Waals surface area contributed by atoms with Gasteiger partial charge in [0.15, 0.2) is 11.5 Å². The normalized spacial score (nSPS) is 14.5. The minimum Gasteiger partial charge on any atom is -0.483 e. The predicted octanol–water partition coefficient (Wildman–Crippen LogP) is 3.04. The van der Waals surface area contributed by atoms with Gasteiger partial charge in [-0.05, 0) is 37.6 Å². The average Bonchev–Trinajstić information content (AvgIpc) is 2.94. The highest BCUT2D eigenvalue weighted by Crippen LogP contribution is 2.41. The van der Waals surface area contributed by atoms with Crippen molar-refractivity contribution in [2.24, 2.45) is 0 Å². The van der Waals surface area contributed by atoms with Crippen LogP contribution in [0.25, 0.3) is 0 Å². The van der Waals surface area contributed by atoms with Crippen LogP contribution in [0, 0.1) is 17.7 Å². The number of fused-ring (bicyclic) bond motifs is 1. The van der Waals surface area contributed by atoms with Crippen LogP contribution in [0.5, 0.6) is 11.5 Å². The lowest BCUT2D eigenvalue weighted by Gasteiger charge is -2.17. The lowest BCUT2D eigenvalue weighted by atomic mass is 10.0. The molecule has 7 heteroatoms. The largest absolute Gasteiger partial charge is 0.483 e. The molecule has 0 aliphatic carbocycles. The summed E-state index contributed by atoms with van der Waals surface area (Å²) in [4.78, 5) is 0. The maximum atomic E-state index is 12.9. The monoisotopic (exact) mass is 403 g/mol. The molecule has 0 aromatic heterocycles. The maximum absolute atomic E-state index is 12.9. The molecule has 3 rings (SSSR count). The summed E-state index contributed by atoms with van der Waals surface area (Å²) in [5, 5.41) is 0. The third kappa shape index (κ3) is 5.47. The zero-order chi connectivity index (χ0) is 20.2. The molecule has 0 fully saturated rings. The summed E-state index contributed by atoms with van der Waals surface area (Å²) in [5.41, 5.74) is 1.35. The van der Waals surface area contributed by atoms with Crippen molar-refractivity contribution in [3.05, 3.63) is 59.4 Å². The number of nitrogens with one attached hydrogen (secondary N) is 1. The van der Waals surface area contributed by atoms with E-state index in [0.717, 1.165) is 17.7 Å². The van der Waals surface area contributed by atoms with Gasteiger partial charge < -0.3 is 9.47 Å². The average molecular weight is 403 g/mol. The van der Waals surface area contributed by atoms with E-state index in [1.165, 1.54) is 24.3 Å². The van der Waals surface area contributed by atoms with Crippen LogP contribution in [-0.2, 0) is 22.2 Å². The summed E-state index contributed by atoms with van der Waals surface area (Å²) in [6.45, 7) is 4.15. The summed E-state index contributed by atoms with van der Waals surface area (Å²) < 4.78 is 50.9. The van der Waals surface area contributed by atoms with Gasteiger partial charge in [0.1, 0.15) is 18.0 Å². The number of para-hydroxylation sites is 1. The molecule has 0 saturated heterocycles. The minimum atomic E-state index is -3.54. The van der Waals surface area contributed by atoms with Gasteiger partial charge in [0.2, 0.25) is 10.0 Å². The van der Waals surface area contributed by atoms with Crippen molar-refractivity contribution in [2.45, 2.75) is 31.6 Å². The first-order valence-corrected chi connectivity index (χ1v) is 10.5. The van der Waals surface area contributed by atoms with Gasteiger partial charge in [-0.3, -0.25) is 0 Å².